The molecule has 0 atom stereocenters. The van der Waals surface area contributed by atoms with Gasteiger partial charge < -0.3 is 15.4 Å². The molecule has 3 aromatic rings. The normalized spacial score (nSPS) is 18.0. The number of nitrogens with one attached hydrogen (secondary N) is 3. The van der Waals surface area contributed by atoms with Gasteiger partial charge in [-0.2, -0.15) is 0 Å². The number of alkyl carbamates (subject to hydrolysis) is 1. The fourth-order valence-corrected chi connectivity index (χ4v) is 7.47. The summed E-state index contributed by atoms with van der Waals surface area (Å²) in [6.45, 7) is 9.05. The summed E-state index contributed by atoms with van der Waals surface area (Å²) in [4.78, 5) is 17.5. The summed E-state index contributed by atoms with van der Waals surface area (Å²) in [6.07, 6.45) is 4.61. The Bertz CT molecular complexity index is 1430. The molecule has 0 unspecified atom stereocenters. The quantitative estimate of drug-likeness (QED) is 0.274. The number of thiazole rings is 1. The number of carbonyl (C=O) groups is 1. The summed E-state index contributed by atoms with van der Waals surface area (Å²) >= 11 is 7.34. The largest absolute Gasteiger partial charge is 0.447 e. The van der Waals surface area contributed by atoms with Crippen molar-refractivity contribution in [2.45, 2.75) is 88.8 Å². The molecule has 0 bridgehead atoms. The molecule has 0 radical (unpaired) electrons. The van der Waals surface area contributed by atoms with Gasteiger partial charge in [-0.05, 0) is 84.6 Å². The van der Waals surface area contributed by atoms with E-state index in [4.69, 9.17) is 16.3 Å². The zero-order valence-electron chi connectivity index (χ0n) is 23.2. The van der Waals surface area contributed by atoms with Crippen LogP contribution in [-0.4, -0.2) is 47.4 Å². The topological polar surface area (TPSA) is 135 Å². The highest BCUT2D eigenvalue weighted by Crippen LogP contribution is 2.40. The van der Waals surface area contributed by atoms with Crippen molar-refractivity contribution in [3.8, 4) is 10.4 Å². The summed E-state index contributed by atoms with van der Waals surface area (Å²) in [7, 11) is -3.88. The molecule has 1 aliphatic rings. The van der Waals surface area contributed by atoms with Crippen LogP contribution in [0.15, 0.2) is 41.4 Å². The van der Waals surface area contributed by atoms with Crippen molar-refractivity contribution in [1.29, 1.82) is 0 Å². The molecule has 3 N–H and O–H groups in total. The summed E-state index contributed by atoms with van der Waals surface area (Å²) in [5.74, 6) is 0.682. The van der Waals surface area contributed by atoms with Crippen LogP contribution >= 0.6 is 22.9 Å². The van der Waals surface area contributed by atoms with Gasteiger partial charge in [0.25, 0.3) is 0 Å². The van der Waals surface area contributed by atoms with E-state index in [1.807, 2.05) is 13.8 Å². The van der Waals surface area contributed by atoms with Crippen molar-refractivity contribution in [2.75, 3.05) is 5.32 Å². The van der Waals surface area contributed by atoms with Crippen LogP contribution in [0.25, 0.3) is 10.4 Å². The summed E-state index contributed by atoms with van der Waals surface area (Å²) < 4.78 is 35.1. The Hall–Kier alpha value is -2.80. The first-order valence-electron chi connectivity index (χ1n) is 13.2. The fraction of sp³-hybridized carbons (Fsp3) is 0.481. The molecular weight excluding hydrogens is 572 g/mol. The Morgan fingerprint density at radius 1 is 1.10 bits per heavy atom. The third kappa shape index (κ3) is 8.12. The number of sulfonamides is 1. The van der Waals surface area contributed by atoms with Gasteiger partial charge >= 0.3 is 6.09 Å². The Kier molecular flexibility index (Phi) is 9.33. The van der Waals surface area contributed by atoms with Gasteiger partial charge in [-0.1, -0.05) is 17.7 Å². The lowest BCUT2D eigenvalue weighted by molar-refractivity contribution is 0.109. The predicted octanol–water partition coefficient (Wildman–Crippen LogP) is 6.23. The van der Waals surface area contributed by atoms with E-state index in [1.54, 1.807) is 57.3 Å². The molecule has 1 saturated carbocycles. The van der Waals surface area contributed by atoms with Crippen molar-refractivity contribution in [2.24, 2.45) is 0 Å². The molecule has 40 heavy (non-hydrogen) atoms. The number of rotatable bonds is 8. The number of benzene rings is 1. The average molecular weight is 607 g/mol. The maximum atomic E-state index is 13.5. The smallest absolute Gasteiger partial charge is 0.407 e. The van der Waals surface area contributed by atoms with Gasteiger partial charge in [-0.15, -0.1) is 21.5 Å². The van der Waals surface area contributed by atoms with E-state index in [9.17, 15) is 13.2 Å². The monoisotopic (exact) mass is 606 g/mol. The van der Waals surface area contributed by atoms with Gasteiger partial charge in [0.15, 0.2) is 11.0 Å². The molecule has 10 nitrogen and oxygen atoms in total. The van der Waals surface area contributed by atoms with Gasteiger partial charge in [0.1, 0.15) is 0 Å². The van der Waals surface area contributed by atoms with Gasteiger partial charge in [0.05, 0.1) is 20.9 Å². The molecule has 1 aliphatic carbocycles. The summed E-state index contributed by atoms with van der Waals surface area (Å²) in [6, 6.07) is 8.51. The van der Waals surface area contributed by atoms with E-state index < -0.39 is 15.6 Å². The molecule has 13 heteroatoms. The SMILES string of the molecule is CC(C)OC(=O)N[C@H]1CC[C@H](c2ncc(-c3ccc(Nc4ccc(Cl)nn4)cc3S(=O)(=O)NC(C)(C)C)s2)CC1. The number of carbonyl (C=O) groups excluding carboxylic acids is 1. The van der Waals surface area contributed by atoms with E-state index in [1.165, 1.54) is 11.3 Å². The van der Waals surface area contributed by atoms with Gasteiger partial charge in [0, 0.05) is 34.9 Å². The highest BCUT2D eigenvalue weighted by Gasteiger charge is 2.29. The lowest BCUT2D eigenvalue weighted by atomic mass is 9.86. The zero-order valence-corrected chi connectivity index (χ0v) is 25.6. The molecule has 1 aromatic carbocycles. The maximum Gasteiger partial charge on any atom is 0.407 e. The van der Waals surface area contributed by atoms with E-state index >= 15 is 0 Å². The molecule has 1 amide bonds. The Morgan fingerprint density at radius 2 is 1.82 bits per heavy atom. The van der Waals surface area contributed by atoms with Crippen LogP contribution in [0.1, 0.15) is 71.2 Å². The number of amides is 1. The maximum absolute atomic E-state index is 13.5. The van der Waals surface area contributed by atoms with Crippen LogP contribution in [0.2, 0.25) is 5.15 Å². The molecular formula is C27H35ClN6O4S2. The highest BCUT2D eigenvalue weighted by molar-refractivity contribution is 7.89. The van der Waals surface area contributed by atoms with Crippen molar-refractivity contribution >= 4 is 50.6 Å². The average Bonchev–Trinajstić information content (AvgIpc) is 3.34. The van der Waals surface area contributed by atoms with Crippen LogP contribution < -0.4 is 15.4 Å². The van der Waals surface area contributed by atoms with Crippen LogP contribution in [-0.2, 0) is 14.8 Å². The molecule has 0 spiro atoms. The lowest BCUT2D eigenvalue weighted by Gasteiger charge is -2.28. The second-order valence-corrected chi connectivity index (χ2v) is 14.2. The first-order valence-corrected chi connectivity index (χ1v) is 15.8. The molecule has 216 valence electrons. The van der Waals surface area contributed by atoms with Gasteiger partial charge in [-0.25, -0.2) is 22.9 Å². The van der Waals surface area contributed by atoms with E-state index in [0.717, 1.165) is 35.6 Å². The van der Waals surface area contributed by atoms with Crippen LogP contribution in [0.3, 0.4) is 0 Å². The van der Waals surface area contributed by atoms with Crippen LogP contribution in [0.4, 0.5) is 16.3 Å². The number of nitrogens with zero attached hydrogens (tertiary/aromatic N) is 3. The second-order valence-electron chi connectivity index (χ2n) is 11.1. The number of hydrogen-bond donors (Lipinski definition) is 3. The first-order chi connectivity index (χ1) is 18.8. The Morgan fingerprint density at radius 3 is 2.45 bits per heavy atom. The van der Waals surface area contributed by atoms with Crippen molar-refractivity contribution < 1.29 is 17.9 Å². The first kappa shape index (κ1) is 30.2. The number of halogens is 1. The fourth-order valence-electron chi connectivity index (χ4n) is 4.51. The van der Waals surface area contributed by atoms with Crippen molar-refractivity contribution in [3.63, 3.8) is 0 Å². The second kappa shape index (κ2) is 12.4. The molecule has 0 aliphatic heterocycles. The highest BCUT2D eigenvalue weighted by atomic mass is 35.5. The third-order valence-electron chi connectivity index (χ3n) is 6.15. The summed E-state index contributed by atoms with van der Waals surface area (Å²) in [5, 5.41) is 15.1. The predicted molar refractivity (Wildman–Crippen MR) is 158 cm³/mol. The molecule has 1 fully saturated rings. The van der Waals surface area contributed by atoms with E-state index in [2.05, 4.69) is 30.5 Å². The van der Waals surface area contributed by atoms with Crippen molar-refractivity contribution in [1.82, 2.24) is 25.2 Å². The molecule has 4 rings (SSSR count). The number of ether oxygens (including phenoxy) is 1. The number of hydrogen-bond acceptors (Lipinski definition) is 9. The minimum atomic E-state index is -3.88. The third-order valence-corrected chi connectivity index (χ3v) is 9.34. The Balaban J connectivity index is 1.56. The van der Waals surface area contributed by atoms with Crippen LogP contribution in [0, 0.1) is 0 Å². The van der Waals surface area contributed by atoms with Gasteiger partial charge in [-0.3, -0.25) is 0 Å². The minimum absolute atomic E-state index is 0.0764. The van der Waals surface area contributed by atoms with Crippen LogP contribution in [0.5, 0.6) is 0 Å². The van der Waals surface area contributed by atoms with Gasteiger partial charge in [0.2, 0.25) is 10.0 Å². The molecule has 2 aromatic heterocycles. The number of anilines is 2. The van der Waals surface area contributed by atoms with Crippen molar-refractivity contribution in [3.05, 3.63) is 46.7 Å². The standard InChI is InChI=1S/C27H35ClN6O4S2/c1-16(2)38-26(35)31-18-8-6-17(7-9-18)25-29-15-21(39-25)20-11-10-19(30-24-13-12-23(28)32-33-24)14-22(20)40(36,37)34-27(3,4)5/h10-18,34H,6-9H2,1-5H3,(H,30,33)(H,31,35)/t17-,18-. The Labute approximate surface area is 244 Å². The van der Waals surface area contributed by atoms with E-state index in [0.29, 0.717) is 17.1 Å². The molecule has 2 heterocycles. The van der Waals surface area contributed by atoms with E-state index in [-0.39, 0.29) is 34.2 Å². The summed E-state index contributed by atoms with van der Waals surface area (Å²) in [5.41, 5.74) is 0.440. The minimum Gasteiger partial charge on any atom is -0.447 e. The zero-order chi connectivity index (χ0) is 29.1. The molecule has 0 saturated heterocycles. The number of aromatic nitrogens is 3. The lowest BCUT2D eigenvalue weighted by Crippen LogP contribution is -2.40.